The number of likely N-dealkylation sites (N-methyl/N-ethyl adjacent to an activating group) is 1. The lowest BCUT2D eigenvalue weighted by Crippen LogP contribution is -2.48. The van der Waals surface area contributed by atoms with Crippen molar-refractivity contribution >= 4 is 23.9 Å². The van der Waals surface area contributed by atoms with Crippen LogP contribution in [0.25, 0.3) is 0 Å². The SMILES string of the molecule is CC[C@@H](CC(=O)O)C(=O)N1C(=O)N(C)C[C@H]1C(=O)OC(C)(C)C. The summed E-state index contributed by atoms with van der Waals surface area (Å²) >= 11 is 0. The van der Waals surface area contributed by atoms with Crippen molar-refractivity contribution in [2.24, 2.45) is 5.92 Å². The van der Waals surface area contributed by atoms with Crippen molar-refractivity contribution in [2.75, 3.05) is 13.6 Å². The summed E-state index contributed by atoms with van der Waals surface area (Å²) in [5.74, 6) is -3.30. The third kappa shape index (κ3) is 4.67. The topological polar surface area (TPSA) is 104 Å². The maximum Gasteiger partial charge on any atom is 0.331 e. The van der Waals surface area contributed by atoms with E-state index in [0.717, 1.165) is 4.90 Å². The van der Waals surface area contributed by atoms with Crippen molar-refractivity contribution in [3.8, 4) is 0 Å². The monoisotopic (exact) mass is 328 g/mol. The predicted octanol–water partition coefficient (Wildman–Crippen LogP) is 1.09. The van der Waals surface area contributed by atoms with Gasteiger partial charge in [0.25, 0.3) is 0 Å². The first-order valence-electron chi connectivity index (χ1n) is 7.50. The van der Waals surface area contributed by atoms with Gasteiger partial charge in [-0.2, -0.15) is 0 Å². The van der Waals surface area contributed by atoms with Gasteiger partial charge in [-0.25, -0.2) is 14.5 Å². The maximum atomic E-state index is 12.6. The molecule has 0 saturated carbocycles. The number of carboxylic acids is 1. The number of amides is 3. The van der Waals surface area contributed by atoms with Crippen LogP contribution in [0.1, 0.15) is 40.5 Å². The van der Waals surface area contributed by atoms with Gasteiger partial charge in [0.1, 0.15) is 5.60 Å². The summed E-state index contributed by atoms with van der Waals surface area (Å²) in [7, 11) is 1.48. The zero-order valence-corrected chi connectivity index (χ0v) is 14.2. The third-order valence-corrected chi connectivity index (χ3v) is 3.47. The first-order chi connectivity index (χ1) is 10.5. The van der Waals surface area contributed by atoms with Gasteiger partial charge in [0.05, 0.1) is 13.0 Å². The molecule has 1 rings (SSSR count). The van der Waals surface area contributed by atoms with Gasteiger partial charge in [0.15, 0.2) is 6.04 Å². The molecule has 0 spiro atoms. The number of carbonyl (C=O) groups excluding carboxylic acids is 3. The van der Waals surface area contributed by atoms with E-state index < -0.39 is 41.4 Å². The van der Waals surface area contributed by atoms with Gasteiger partial charge in [-0.15, -0.1) is 0 Å². The van der Waals surface area contributed by atoms with E-state index in [-0.39, 0.29) is 19.4 Å². The van der Waals surface area contributed by atoms with Gasteiger partial charge in [-0.05, 0) is 27.2 Å². The number of hydrogen-bond donors (Lipinski definition) is 1. The van der Waals surface area contributed by atoms with E-state index in [2.05, 4.69) is 0 Å². The van der Waals surface area contributed by atoms with Crippen LogP contribution in [0.4, 0.5) is 4.79 Å². The standard InChI is InChI=1S/C15H24N2O6/c1-6-9(7-11(18)19)12(20)17-10(8-16(5)14(17)22)13(21)23-15(2,3)4/h9-10H,6-8H2,1-5H3,(H,18,19)/t9-,10-/m0/s1. The number of carbonyl (C=O) groups is 4. The molecule has 0 aliphatic carbocycles. The maximum absolute atomic E-state index is 12.6. The van der Waals surface area contributed by atoms with Crippen molar-refractivity contribution in [2.45, 2.75) is 52.2 Å². The average molecular weight is 328 g/mol. The fourth-order valence-corrected chi connectivity index (χ4v) is 2.35. The molecule has 1 saturated heterocycles. The van der Waals surface area contributed by atoms with Gasteiger partial charge >= 0.3 is 18.0 Å². The first kappa shape index (κ1) is 18.9. The molecule has 1 heterocycles. The molecule has 1 N–H and O–H groups in total. The largest absolute Gasteiger partial charge is 0.481 e. The fourth-order valence-electron chi connectivity index (χ4n) is 2.35. The molecular formula is C15H24N2O6. The average Bonchev–Trinajstić information content (AvgIpc) is 2.69. The number of rotatable bonds is 5. The summed E-state index contributed by atoms with van der Waals surface area (Å²) in [5.41, 5.74) is -0.749. The second kappa shape index (κ2) is 6.97. The lowest BCUT2D eigenvalue weighted by atomic mass is 10.00. The van der Waals surface area contributed by atoms with E-state index >= 15 is 0 Å². The molecule has 2 atom stereocenters. The summed E-state index contributed by atoms with van der Waals surface area (Å²) in [6.07, 6.45) is -0.121. The van der Waals surface area contributed by atoms with Crippen LogP contribution in [-0.4, -0.2) is 64.0 Å². The van der Waals surface area contributed by atoms with Crippen LogP contribution < -0.4 is 0 Å². The Morgan fingerprint density at radius 2 is 1.91 bits per heavy atom. The molecule has 8 nitrogen and oxygen atoms in total. The summed E-state index contributed by atoms with van der Waals surface area (Å²) in [6.45, 7) is 6.77. The number of imide groups is 1. The third-order valence-electron chi connectivity index (χ3n) is 3.47. The van der Waals surface area contributed by atoms with Crippen LogP contribution >= 0.6 is 0 Å². The van der Waals surface area contributed by atoms with Gasteiger partial charge in [0.2, 0.25) is 5.91 Å². The highest BCUT2D eigenvalue weighted by Crippen LogP contribution is 2.23. The molecule has 0 aromatic carbocycles. The summed E-state index contributed by atoms with van der Waals surface area (Å²) < 4.78 is 5.27. The molecule has 0 unspecified atom stereocenters. The molecule has 1 aliphatic heterocycles. The number of esters is 1. The fraction of sp³-hybridized carbons (Fsp3) is 0.733. The van der Waals surface area contributed by atoms with Crippen molar-refractivity contribution < 1.29 is 29.0 Å². The Labute approximate surface area is 135 Å². The van der Waals surface area contributed by atoms with Gasteiger partial charge in [-0.3, -0.25) is 9.59 Å². The van der Waals surface area contributed by atoms with Crippen molar-refractivity contribution in [3.63, 3.8) is 0 Å². The molecule has 8 heteroatoms. The Morgan fingerprint density at radius 3 is 2.35 bits per heavy atom. The first-order valence-corrected chi connectivity index (χ1v) is 7.50. The van der Waals surface area contributed by atoms with E-state index in [4.69, 9.17) is 9.84 Å². The Hall–Kier alpha value is -2.12. The second-order valence-corrected chi connectivity index (χ2v) is 6.62. The van der Waals surface area contributed by atoms with E-state index in [1.54, 1.807) is 27.7 Å². The van der Waals surface area contributed by atoms with Crippen LogP contribution in [0, 0.1) is 5.92 Å². The zero-order valence-electron chi connectivity index (χ0n) is 14.2. The molecule has 130 valence electrons. The van der Waals surface area contributed by atoms with Crippen molar-refractivity contribution in [3.05, 3.63) is 0 Å². The lowest BCUT2D eigenvalue weighted by Gasteiger charge is -2.27. The molecule has 0 bridgehead atoms. The summed E-state index contributed by atoms with van der Waals surface area (Å²) in [4.78, 5) is 50.0. The Kier molecular flexibility index (Phi) is 5.74. The van der Waals surface area contributed by atoms with Crippen LogP contribution in [0.15, 0.2) is 0 Å². The summed E-state index contributed by atoms with van der Waals surface area (Å²) in [6, 6.07) is -1.67. The van der Waals surface area contributed by atoms with Crippen LogP contribution in [0.3, 0.4) is 0 Å². The Balaban J connectivity index is 3.02. The van der Waals surface area contributed by atoms with Crippen molar-refractivity contribution in [1.29, 1.82) is 0 Å². The number of urea groups is 1. The summed E-state index contributed by atoms with van der Waals surface area (Å²) in [5, 5.41) is 8.89. The molecule has 3 amide bonds. The van der Waals surface area contributed by atoms with E-state index in [9.17, 15) is 19.2 Å². The predicted molar refractivity (Wildman–Crippen MR) is 80.5 cm³/mol. The number of ether oxygens (including phenoxy) is 1. The van der Waals surface area contributed by atoms with Crippen LogP contribution in [-0.2, 0) is 19.1 Å². The molecule has 1 fully saturated rings. The molecule has 1 aliphatic rings. The van der Waals surface area contributed by atoms with E-state index in [1.165, 1.54) is 11.9 Å². The number of hydrogen-bond acceptors (Lipinski definition) is 5. The number of aliphatic carboxylic acids is 1. The minimum absolute atomic E-state index is 0.0307. The van der Waals surface area contributed by atoms with Crippen LogP contribution in [0.2, 0.25) is 0 Å². The normalized spacial score (nSPS) is 19.7. The minimum atomic E-state index is -1.13. The molecule has 0 aromatic rings. The highest BCUT2D eigenvalue weighted by Gasteiger charge is 2.47. The van der Waals surface area contributed by atoms with Crippen molar-refractivity contribution in [1.82, 2.24) is 9.80 Å². The highest BCUT2D eigenvalue weighted by molar-refractivity contribution is 6.02. The second-order valence-electron chi connectivity index (χ2n) is 6.62. The van der Waals surface area contributed by atoms with E-state index in [0.29, 0.717) is 0 Å². The smallest absolute Gasteiger partial charge is 0.331 e. The molecule has 23 heavy (non-hydrogen) atoms. The lowest BCUT2D eigenvalue weighted by molar-refractivity contribution is -0.162. The molecule has 0 radical (unpaired) electrons. The van der Waals surface area contributed by atoms with Gasteiger partial charge in [-0.1, -0.05) is 6.92 Å². The minimum Gasteiger partial charge on any atom is -0.481 e. The van der Waals surface area contributed by atoms with E-state index in [1.807, 2.05) is 0 Å². The Morgan fingerprint density at radius 1 is 1.35 bits per heavy atom. The van der Waals surface area contributed by atoms with Crippen LogP contribution in [0.5, 0.6) is 0 Å². The zero-order chi connectivity index (χ0) is 17.9. The number of carboxylic acid groups (broad SMARTS) is 1. The van der Waals surface area contributed by atoms with Gasteiger partial charge in [0, 0.05) is 13.0 Å². The number of nitrogens with zero attached hydrogens (tertiary/aromatic N) is 2. The quantitative estimate of drug-likeness (QED) is 0.758. The highest BCUT2D eigenvalue weighted by atomic mass is 16.6. The molecule has 0 aromatic heterocycles. The molecular weight excluding hydrogens is 304 g/mol. The van der Waals surface area contributed by atoms with Gasteiger partial charge < -0.3 is 14.7 Å². The Bertz CT molecular complexity index is 511.